The highest BCUT2D eigenvalue weighted by molar-refractivity contribution is 6.32. The van der Waals surface area contributed by atoms with Crippen LogP contribution in [0.5, 0.6) is 11.5 Å². The number of alkyl carbamates (subject to hydrolysis) is 1. The third-order valence-electron chi connectivity index (χ3n) is 23.1. The molecule has 6 heterocycles. The maximum atomic E-state index is 15.3. The fraction of sp³-hybridized carbons (Fsp3) is 0.731. The number of likely N-dealkylation sites (N-methyl/N-ethyl adjacent to an activating group) is 2. The van der Waals surface area contributed by atoms with Crippen molar-refractivity contribution in [3.63, 3.8) is 0 Å². The average molecular weight is 1530 g/mol. The summed E-state index contributed by atoms with van der Waals surface area (Å²) in [6.07, 6.45) is -9.16. The molecule has 0 radical (unpaired) electrons. The molecule has 0 spiro atoms. The van der Waals surface area contributed by atoms with Crippen LogP contribution in [0.1, 0.15) is 180 Å². The molecule has 30 heteroatoms. The molecule has 10 N–H and O–H groups in total. The number of aromatic hydroxyl groups is 1. The number of phenols is 1. The molecule has 30 nitrogen and oxygen atoms in total. The van der Waals surface area contributed by atoms with Gasteiger partial charge in [-0.1, -0.05) is 66.7 Å². The first-order valence-corrected chi connectivity index (χ1v) is 37.5. The molecule has 6 aliphatic heterocycles. The van der Waals surface area contributed by atoms with Gasteiger partial charge in [0.1, 0.15) is 58.5 Å². The molecule has 1 aromatic rings. The van der Waals surface area contributed by atoms with Crippen LogP contribution in [0.2, 0.25) is 0 Å². The summed E-state index contributed by atoms with van der Waals surface area (Å²) in [6, 6.07) is -1.05. The van der Waals surface area contributed by atoms with Gasteiger partial charge in [-0.25, -0.2) is 4.79 Å². The zero-order chi connectivity index (χ0) is 81.1. The van der Waals surface area contributed by atoms with E-state index >= 15 is 9.59 Å². The van der Waals surface area contributed by atoms with Crippen molar-refractivity contribution < 1.29 is 121 Å². The number of rotatable bonds is 14. The molecule has 2 amide bonds. The SMILES string of the molecule is CC[C@H]1OC(=O)[C@H](C)[C@@H](O[C@H]2C[C@@](C)(OC)[C@@H](OC(=O)NCCNC3=C4NC(=O)/C(C)=C\C=C\[C@@H](C)[C@H](O)[C@@H](C)[C@H](O)[C@H](C)[C@H](OC(C)=O)[C@H](C)[C@@H](OC)/C=C/O[C@@]5(C)Oc6c(C)c(O)c(c(c6C5=O)C3=O)C4=O)[C@H](C)O2)[C@H](C)[C@@H](O[C@@H]2O[C@H](C)C[C@H](N(C)C)[C@H]2O)[C@](C)(O)C[C@@H](C)CN(C)[C@H](C)[C@@H](O)[C@]1(C)O. The summed E-state index contributed by atoms with van der Waals surface area (Å²) in [5.74, 6) is -14.1. The Morgan fingerprint density at radius 1 is 0.778 bits per heavy atom. The van der Waals surface area contributed by atoms with Gasteiger partial charge in [0.2, 0.25) is 11.6 Å². The normalized spacial score (nSPS) is 40.6. The maximum Gasteiger partial charge on any atom is 0.407 e. The highest BCUT2D eigenvalue weighted by Gasteiger charge is 2.56. The number of phenolic OH excluding ortho intramolecular Hbond substituents is 1. The molecule has 1 aliphatic carbocycles. The minimum atomic E-state index is -2.25. The van der Waals surface area contributed by atoms with Crippen LogP contribution in [0.4, 0.5) is 4.79 Å². The van der Waals surface area contributed by atoms with E-state index in [0.717, 1.165) is 6.26 Å². The Labute approximate surface area is 634 Å². The van der Waals surface area contributed by atoms with Crippen molar-refractivity contribution >= 4 is 41.3 Å². The number of cyclic esters (lactones) is 1. The van der Waals surface area contributed by atoms with Crippen LogP contribution >= 0.6 is 0 Å². The van der Waals surface area contributed by atoms with Crippen LogP contribution in [0, 0.1) is 48.3 Å². The Morgan fingerprint density at radius 2 is 1.44 bits per heavy atom. The van der Waals surface area contributed by atoms with Gasteiger partial charge in [-0.3, -0.25) is 28.8 Å². The van der Waals surface area contributed by atoms with Crippen molar-refractivity contribution in [3.8, 4) is 11.5 Å². The number of allylic oxidation sites excluding steroid dienone is 4. The van der Waals surface area contributed by atoms with Crippen molar-refractivity contribution in [2.45, 2.75) is 271 Å². The third-order valence-corrected chi connectivity index (χ3v) is 23.1. The van der Waals surface area contributed by atoms with Crippen molar-refractivity contribution in [3.05, 3.63) is 69.8 Å². The predicted molar refractivity (Wildman–Crippen MR) is 393 cm³/mol. The topological polar surface area (TPSA) is 405 Å². The van der Waals surface area contributed by atoms with Gasteiger partial charge in [-0.05, 0) is 115 Å². The fourth-order valence-corrected chi connectivity index (χ4v) is 16.3. The molecule has 27 atom stereocenters. The molecule has 1 aromatic carbocycles. The number of nitrogens with one attached hydrogen (secondary N) is 3. The number of carbonyl (C=O) groups excluding carboxylic acids is 7. The second kappa shape index (κ2) is 35.9. The van der Waals surface area contributed by atoms with Crippen LogP contribution in [0.3, 0.4) is 0 Å². The van der Waals surface area contributed by atoms with Gasteiger partial charge < -0.3 is 114 Å². The van der Waals surface area contributed by atoms with E-state index in [4.69, 9.17) is 52.1 Å². The predicted octanol–water partition coefficient (Wildman–Crippen LogP) is 5.20. The Kier molecular flexibility index (Phi) is 29.5. The molecule has 8 rings (SSSR count). The number of aliphatic hydroxyl groups excluding tert-OH is 4. The standard InChI is InChI=1S/C78H121N5O25/c1-24-51-77(17,97)67(91)46(12)83(21)35-36(2)33-75(15,96)69(106-73-61(88)49(82(19)20)32-39(5)101-73)44(10)65(45(11)72(94)104-51)105-52-34-76(16,99-23)70(47(13)102-52)107-74(95)80-30-29-79-56-57-63(90)54-53(62(56)89)55-66(43(9)60(54)87)108-78(18,68(55)92)100-31-28-50(98-22)40(6)64(103-48(14)84)42(8)59(86)41(7)58(85)37(3)26-25-27-38(4)71(93)81-57/h25-28,31,36-37,39-42,44-47,49-52,58-59,61,64-65,67,69-70,73,79,85-88,91,96-97H,24,29-30,32-35H2,1-23H3,(H,80,95)(H,81,93)/b26-25+,31-28+,38-27-/t36-,37-,39-,40-,41-,42+,44+,45-,46-,47+,49+,50+,51-,52+,58+,59+,61-,64-,65+,67-,69-,70+,73+,75-,76-,77-,78+/m1/s1. The number of aliphatic hydroxyl groups is 6. The van der Waals surface area contributed by atoms with Gasteiger partial charge >= 0.3 is 23.8 Å². The molecule has 108 heavy (non-hydrogen) atoms. The summed E-state index contributed by atoms with van der Waals surface area (Å²) in [4.78, 5) is 105. The molecular weight excluding hydrogens is 1410 g/mol. The Hall–Kier alpha value is -6.49. The summed E-state index contributed by atoms with van der Waals surface area (Å²) >= 11 is 0. The summed E-state index contributed by atoms with van der Waals surface area (Å²) in [5.41, 5.74) is -8.03. The van der Waals surface area contributed by atoms with Crippen LogP contribution in [0.25, 0.3) is 0 Å². The quantitative estimate of drug-likeness (QED) is 0.0650. The van der Waals surface area contributed by atoms with Crippen molar-refractivity contribution in [2.75, 3.05) is 55.0 Å². The number of hydrogen-bond acceptors (Lipinski definition) is 28. The number of hydrogen-bond donors (Lipinski definition) is 10. The van der Waals surface area contributed by atoms with Gasteiger partial charge in [0.05, 0.1) is 77.2 Å². The number of fused-ring (bicyclic) bond motifs is 14. The van der Waals surface area contributed by atoms with Crippen LogP contribution in [-0.2, 0) is 61.8 Å². The summed E-state index contributed by atoms with van der Waals surface area (Å²) in [6.45, 7) is 28.5. The Bertz CT molecular complexity index is 3540. The summed E-state index contributed by atoms with van der Waals surface area (Å²) in [7, 11) is 8.24. The van der Waals surface area contributed by atoms with Crippen molar-refractivity contribution in [2.24, 2.45) is 41.4 Å². The smallest absolute Gasteiger partial charge is 0.407 e. The third kappa shape index (κ3) is 19.0. The Balaban J connectivity index is 1.17. The fourth-order valence-electron chi connectivity index (χ4n) is 16.3. The number of esters is 2. The van der Waals surface area contributed by atoms with Gasteiger partial charge in [0.15, 0.2) is 18.7 Å². The molecule has 608 valence electrons. The number of methoxy groups -OCH3 is 2. The highest BCUT2D eigenvalue weighted by atomic mass is 16.7. The van der Waals surface area contributed by atoms with E-state index in [1.807, 2.05) is 37.7 Å². The van der Waals surface area contributed by atoms with Gasteiger partial charge in [0, 0.05) is 107 Å². The van der Waals surface area contributed by atoms with Crippen molar-refractivity contribution in [1.29, 1.82) is 0 Å². The Morgan fingerprint density at radius 3 is 2.05 bits per heavy atom. The lowest BCUT2D eigenvalue weighted by molar-refractivity contribution is -0.317. The number of ether oxygens (including phenoxy) is 11. The molecule has 0 unspecified atom stereocenters. The lowest BCUT2D eigenvalue weighted by Crippen LogP contribution is -2.61. The van der Waals surface area contributed by atoms with Crippen molar-refractivity contribution in [1.82, 2.24) is 25.8 Å². The van der Waals surface area contributed by atoms with Crippen LogP contribution in [0.15, 0.2) is 47.5 Å². The van der Waals surface area contributed by atoms with E-state index in [2.05, 4.69) is 16.0 Å². The molecule has 0 aromatic heterocycles. The first kappa shape index (κ1) is 88.7. The zero-order valence-electron chi connectivity index (χ0n) is 67.0. The first-order chi connectivity index (χ1) is 50.2. The average Bonchev–Trinajstić information content (AvgIpc) is 1.50. The monoisotopic (exact) mass is 1530 g/mol. The number of amides is 2. The lowest BCUT2D eigenvalue weighted by atomic mass is 9.77. The molecule has 7 aliphatic rings. The number of carbonyl (C=O) groups is 7. The number of ketones is 3. The number of benzene rings is 1. The zero-order valence-corrected chi connectivity index (χ0v) is 67.0. The molecule has 5 bridgehead atoms. The largest absolute Gasteiger partial charge is 0.507 e. The van der Waals surface area contributed by atoms with Gasteiger partial charge in [-0.2, -0.15) is 0 Å². The molecule has 3 fully saturated rings. The molecule has 3 saturated heterocycles. The molecule has 0 saturated carbocycles. The van der Waals surface area contributed by atoms with E-state index in [0.29, 0.717) is 13.0 Å². The van der Waals surface area contributed by atoms with Crippen LogP contribution < -0.4 is 20.7 Å². The minimum Gasteiger partial charge on any atom is -0.507 e. The number of Topliss-reactive ketones (excluding diaryl/α,β-unsaturated/α-hetero) is 3. The molecular formula is C78H121N5O25. The van der Waals surface area contributed by atoms with E-state index in [-0.39, 0.29) is 61.3 Å². The highest BCUT2D eigenvalue weighted by Crippen LogP contribution is 2.49. The second-order valence-electron chi connectivity index (χ2n) is 31.9. The number of nitrogens with zero attached hydrogens (tertiary/aromatic N) is 2. The van der Waals surface area contributed by atoms with E-state index in [9.17, 15) is 59.7 Å². The second-order valence-corrected chi connectivity index (χ2v) is 31.9. The first-order valence-electron chi connectivity index (χ1n) is 37.5. The van der Waals surface area contributed by atoms with E-state index in [1.165, 1.54) is 67.1 Å². The van der Waals surface area contributed by atoms with Gasteiger partial charge in [0.25, 0.3) is 11.7 Å². The minimum absolute atomic E-state index is 0.00171. The van der Waals surface area contributed by atoms with E-state index in [1.54, 1.807) is 89.3 Å². The summed E-state index contributed by atoms with van der Waals surface area (Å²) in [5, 5.41) is 91.9. The maximum absolute atomic E-state index is 15.3. The van der Waals surface area contributed by atoms with Crippen LogP contribution in [-0.4, -0.2) is 262 Å². The van der Waals surface area contributed by atoms with E-state index < -0.39 is 225 Å². The summed E-state index contributed by atoms with van der Waals surface area (Å²) < 4.78 is 68.9. The van der Waals surface area contributed by atoms with Gasteiger partial charge in [-0.15, -0.1) is 0 Å². The lowest BCUT2D eigenvalue weighted by Gasteiger charge is -2.49.